The maximum atomic E-state index is 14.0. The van der Waals surface area contributed by atoms with Crippen LogP contribution in [-0.4, -0.2) is 77.8 Å². The number of fused-ring (bicyclic) bond motifs is 2. The second-order valence-corrected chi connectivity index (χ2v) is 18.1. The van der Waals surface area contributed by atoms with Crippen LogP contribution in [0.25, 0.3) is 0 Å². The van der Waals surface area contributed by atoms with Crippen LogP contribution in [0, 0.1) is 37.0 Å². The molecule has 2 N–H and O–H groups in total. The number of unbranched alkanes of at least 4 members (excludes halogenated alkanes) is 2. The van der Waals surface area contributed by atoms with Crippen LogP contribution in [0.2, 0.25) is 0 Å². The molecule has 10 nitrogen and oxygen atoms in total. The van der Waals surface area contributed by atoms with Gasteiger partial charge in [-0.15, -0.1) is 6.58 Å². The van der Waals surface area contributed by atoms with Crippen molar-refractivity contribution in [1.29, 1.82) is 0 Å². The number of allylic oxidation sites excluding steroid dienone is 1. The second-order valence-electron chi connectivity index (χ2n) is 18.1. The number of aliphatic hydroxyl groups excluding tert-OH is 2. The lowest BCUT2D eigenvalue weighted by molar-refractivity contribution is -0.254. The lowest BCUT2D eigenvalue weighted by atomic mass is 9.55. The van der Waals surface area contributed by atoms with Crippen LogP contribution in [0.4, 0.5) is 4.79 Å². The summed E-state index contributed by atoms with van der Waals surface area (Å²) in [5.74, 6) is 0.397. The Bertz CT molecular complexity index is 1740. The van der Waals surface area contributed by atoms with Crippen molar-refractivity contribution in [3.8, 4) is 17.2 Å². The Morgan fingerprint density at radius 1 is 0.982 bits per heavy atom. The summed E-state index contributed by atoms with van der Waals surface area (Å²) in [6.45, 7) is 20.8. The molecule has 0 bridgehead atoms. The molecule has 1 saturated carbocycles. The number of carbonyl (C=O) groups excluding carboxylic acids is 1. The average molecular weight is 775 g/mol. The fourth-order valence-electron chi connectivity index (χ4n) is 8.40. The minimum atomic E-state index is -1.35. The topological polar surface area (TPSA) is 119 Å². The van der Waals surface area contributed by atoms with Crippen LogP contribution in [0.3, 0.4) is 0 Å². The third-order valence-electron chi connectivity index (χ3n) is 11.2. The van der Waals surface area contributed by atoms with Crippen LogP contribution >= 0.6 is 0 Å². The molecule has 5 rings (SSSR count). The molecule has 308 valence electrons. The van der Waals surface area contributed by atoms with Gasteiger partial charge in [0.05, 0.1) is 24.8 Å². The Hall–Kier alpha value is -3.86. The molecule has 0 aromatic heterocycles. The zero-order valence-corrected chi connectivity index (χ0v) is 35.2. The molecule has 6 unspecified atom stereocenters. The number of carbonyl (C=O) groups is 1. The molecule has 2 aromatic rings. The molecule has 3 aliphatic rings. The molecule has 0 spiro atoms. The number of likely N-dealkylation sites (N-methyl/N-ethyl adjacent to an activating group) is 1. The first-order valence-corrected chi connectivity index (χ1v) is 20.4. The number of ether oxygens (including phenoxy) is 4. The Balaban J connectivity index is 1.75. The molecule has 2 aromatic carbocycles. The van der Waals surface area contributed by atoms with E-state index < -0.39 is 29.4 Å². The predicted molar refractivity (Wildman–Crippen MR) is 220 cm³/mol. The number of rotatable bonds is 16. The van der Waals surface area contributed by atoms with E-state index in [0.29, 0.717) is 30.8 Å². The number of hydrogen-bond donors (Lipinski definition) is 2. The molecule has 1 amide bonds. The van der Waals surface area contributed by atoms with Crippen LogP contribution in [0.5, 0.6) is 17.2 Å². The fourth-order valence-corrected chi connectivity index (χ4v) is 8.40. The van der Waals surface area contributed by atoms with Crippen molar-refractivity contribution in [1.82, 2.24) is 4.90 Å². The summed E-state index contributed by atoms with van der Waals surface area (Å²) in [7, 11) is 1.75. The third-order valence-corrected chi connectivity index (χ3v) is 11.2. The van der Waals surface area contributed by atoms with E-state index >= 15 is 0 Å². The van der Waals surface area contributed by atoms with Crippen LogP contribution in [-0.2, 0) is 14.3 Å². The number of hydrogen-bond acceptors (Lipinski definition) is 9. The van der Waals surface area contributed by atoms with E-state index in [9.17, 15) is 15.0 Å². The van der Waals surface area contributed by atoms with Crippen molar-refractivity contribution in [3.63, 3.8) is 0 Å². The summed E-state index contributed by atoms with van der Waals surface area (Å²) in [6, 6.07) is 11.4. The predicted octanol–water partition coefficient (Wildman–Crippen LogP) is 9.64. The Kier molecular flexibility index (Phi) is 14.0. The van der Waals surface area contributed by atoms with E-state index in [1.807, 2.05) is 65.8 Å². The third kappa shape index (κ3) is 9.98. The van der Waals surface area contributed by atoms with Crippen molar-refractivity contribution < 1.29 is 38.8 Å². The Labute approximate surface area is 334 Å². The largest absolute Gasteiger partial charge is 0.459 e. The minimum Gasteiger partial charge on any atom is -0.459 e. The summed E-state index contributed by atoms with van der Waals surface area (Å²) >= 11 is 0. The number of oxime groups is 1. The van der Waals surface area contributed by atoms with Gasteiger partial charge in [0.15, 0.2) is 0 Å². The van der Waals surface area contributed by atoms with E-state index in [4.69, 9.17) is 28.9 Å². The Morgan fingerprint density at radius 2 is 1.66 bits per heavy atom. The molecular weight excluding hydrogens is 709 g/mol. The van der Waals surface area contributed by atoms with Gasteiger partial charge in [-0.3, -0.25) is 0 Å². The van der Waals surface area contributed by atoms with Crippen LogP contribution in [0.15, 0.2) is 65.9 Å². The number of aliphatic hydroxyl groups is 2. The second kappa shape index (κ2) is 18.2. The van der Waals surface area contributed by atoms with Gasteiger partial charge in [0, 0.05) is 38.2 Å². The summed E-state index contributed by atoms with van der Waals surface area (Å²) in [5.41, 5.74) is 4.26. The van der Waals surface area contributed by atoms with Crippen LogP contribution < -0.4 is 9.47 Å². The lowest BCUT2D eigenvalue weighted by Crippen LogP contribution is -2.69. The normalized spacial score (nSPS) is 25.0. The molecule has 10 heteroatoms. The first-order valence-electron chi connectivity index (χ1n) is 20.4. The summed E-state index contributed by atoms with van der Waals surface area (Å²) in [5, 5.41) is 24.6. The Morgan fingerprint density at radius 3 is 2.30 bits per heavy atom. The van der Waals surface area contributed by atoms with E-state index in [-0.39, 0.29) is 49.6 Å². The zero-order chi connectivity index (χ0) is 40.8. The number of nitrogens with zero attached hydrogens (tertiary/aromatic N) is 2. The van der Waals surface area contributed by atoms with Crippen molar-refractivity contribution in [2.45, 2.75) is 124 Å². The van der Waals surface area contributed by atoms with Gasteiger partial charge in [-0.05, 0) is 125 Å². The molecule has 2 aliphatic carbocycles. The van der Waals surface area contributed by atoms with Crippen molar-refractivity contribution >= 4 is 11.8 Å². The van der Waals surface area contributed by atoms with Gasteiger partial charge in [0.1, 0.15) is 28.9 Å². The van der Waals surface area contributed by atoms with Gasteiger partial charge in [-0.2, -0.15) is 0 Å². The maximum absolute atomic E-state index is 14.0. The van der Waals surface area contributed by atoms with Gasteiger partial charge in [-0.25, -0.2) is 4.79 Å². The van der Waals surface area contributed by atoms with E-state index in [2.05, 4.69) is 38.6 Å². The fraction of sp³-hybridized carbons (Fsp3) is 0.609. The highest BCUT2D eigenvalue weighted by Gasteiger charge is 2.65. The summed E-state index contributed by atoms with van der Waals surface area (Å²) in [6.07, 6.45) is 8.65. The minimum absolute atomic E-state index is 0.0990. The molecule has 1 fully saturated rings. The highest BCUT2D eigenvalue weighted by Crippen LogP contribution is 2.62. The van der Waals surface area contributed by atoms with E-state index in [1.165, 1.54) is 5.56 Å². The van der Waals surface area contributed by atoms with E-state index in [1.54, 1.807) is 18.0 Å². The van der Waals surface area contributed by atoms with Gasteiger partial charge >= 0.3 is 6.09 Å². The number of amides is 1. The van der Waals surface area contributed by atoms with Crippen molar-refractivity contribution in [2.24, 2.45) is 28.3 Å². The highest BCUT2D eigenvalue weighted by atomic mass is 16.7. The number of benzene rings is 2. The molecule has 0 saturated heterocycles. The highest BCUT2D eigenvalue weighted by molar-refractivity contribution is 6.03. The molecule has 1 heterocycles. The maximum Gasteiger partial charge on any atom is 0.410 e. The van der Waals surface area contributed by atoms with Gasteiger partial charge in [0.25, 0.3) is 0 Å². The van der Waals surface area contributed by atoms with Gasteiger partial charge < -0.3 is 38.9 Å². The molecule has 0 radical (unpaired) electrons. The summed E-state index contributed by atoms with van der Waals surface area (Å²) in [4.78, 5) is 21.8. The van der Waals surface area contributed by atoms with Crippen molar-refractivity contribution in [3.05, 3.63) is 77.4 Å². The van der Waals surface area contributed by atoms with Gasteiger partial charge in [0.2, 0.25) is 5.79 Å². The molecule has 1 aliphatic heterocycles. The summed E-state index contributed by atoms with van der Waals surface area (Å²) < 4.78 is 26.7. The molecule has 56 heavy (non-hydrogen) atoms. The van der Waals surface area contributed by atoms with Gasteiger partial charge in [-0.1, -0.05) is 57.0 Å². The molecular formula is C46H66N2O8. The number of aryl methyl sites for hydroxylation is 2. The smallest absolute Gasteiger partial charge is 0.410 e. The lowest BCUT2D eigenvalue weighted by Gasteiger charge is -2.59. The average Bonchev–Trinajstić information content (AvgIpc) is 3.14. The first-order chi connectivity index (χ1) is 26.5. The van der Waals surface area contributed by atoms with Crippen LogP contribution in [0.1, 0.15) is 109 Å². The zero-order valence-electron chi connectivity index (χ0n) is 35.2. The van der Waals surface area contributed by atoms with Crippen molar-refractivity contribution in [2.75, 3.05) is 33.5 Å². The SMILES string of the molecule is C=CCOC12Oc3ccc(Oc4ccc(C)c(C)c4)cc3C3C(CCCCO)C(CCCCO)C=C(C(=NOC(C)(C)C)CC1N(C)C(=O)OCC(C)(C)C)C32. The quantitative estimate of drug-likeness (QED) is 0.0984. The van der Waals surface area contributed by atoms with E-state index in [0.717, 1.165) is 53.8 Å². The molecule has 6 atom stereocenters. The first kappa shape index (κ1) is 43.3. The monoisotopic (exact) mass is 774 g/mol. The standard InChI is InChI=1S/C46H66N2O8/c1-11-24-53-46-40(48(10)43(51)52-29-44(4,5)6)28-38(47-56-45(7,8)9)36-26-32(16-12-14-22-49)35(17-13-15-23-50)41(42(36)46)37-27-34(20-21-39(37)55-46)54-33-19-18-30(2)31(3)25-33/h11,18-21,25-27,32,35,40-42,49-50H,1,12-17,22-24,28-29H2,2-10H3.